The zero-order valence-electron chi connectivity index (χ0n) is 16.8. The van der Waals surface area contributed by atoms with Crippen molar-refractivity contribution in [3.63, 3.8) is 0 Å². The van der Waals surface area contributed by atoms with E-state index in [9.17, 15) is 4.79 Å². The molecule has 4 N–H and O–H groups in total. The van der Waals surface area contributed by atoms with Gasteiger partial charge in [-0.05, 0) is 49.1 Å². The Labute approximate surface area is 178 Å². The van der Waals surface area contributed by atoms with Crippen LogP contribution in [-0.4, -0.2) is 26.8 Å². The van der Waals surface area contributed by atoms with E-state index in [4.69, 9.17) is 10.2 Å². The first kappa shape index (κ1) is 20.2. The number of benzene rings is 2. The van der Waals surface area contributed by atoms with Crippen molar-refractivity contribution in [1.82, 2.24) is 15.2 Å². The number of rotatable bonds is 7. The first-order valence-electron chi connectivity index (χ1n) is 9.64. The number of thioether (sulfide) groups is 1. The molecule has 0 fully saturated rings. The molecule has 30 heavy (non-hydrogen) atoms. The smallest absolute Gasteiger partial charge is 0.277 e. The van der Waals surface area contributed by atoms with E-state index < -0.39 is 6.04 Å². The summed E-state index contributed by atoms with van der Waals surface area (Å²) < 4.78 is 5.68. The molecule has 1 amide bonds. The summed E-state index contributed by atoms with van der Waals surface area (Å²) in [6.45, 7) is 4.00. The van der Waals surface area contributed by atoms with Gasteiger partial charge in [0.25, 0.3) is 5.22 Å². The molecule has 1 atom stereocenters. The molecule has 0 saturated heterocycles. The molecule has 2 aromatic carbocycles. The van der Waals surface area contributed by atoms with Gasteiger partial charge in [-0.25, -0.2) is 0 Å². The number of carbonyl (C=O) groups is 1. The van der Waals surface area contributed by atoms with Crippen molar-refractivity contribution in [2.24, 2.45) is 5.73 Å². The van der Waals surface area contributed by atoms with E-state index in [1.165, 1.54) is 11.8 Å². The summed E-state index contributed by atoms with van der Waals surface area (Å²) in [6.07, 6.45) is 2.53. The molecule has 8 heteroatoms. The second-order valence-corrected chi connectivity index (χ2v) is 8.09. The van der Waals surface area contributed by atoms with Crippen LogP contribution < -0.4 is 11.1 Å². The summed E-state index contributed by atoms with van der Waals surface area (Å²) in [4.78, 5) is 15.5. The summed E-state index contributed by atoms with van der Waals surface area (Å²) in [5, 5.41) is 12.5. The van der Waals surface area contributed by atoms with Crippen LogP contribution in [0.4, 0.5) is 5.69 Å². The Kier molecular flexibility index (Phi) is 5.87. The minimum Gasteiger partial charge on any atom is -0.414 e. The normalized spacial score (nSPS) is 12.2. The van der Waals surface area contributed by atoms with E-state index in [0.29, 0.717) is 17.5 Å². The van der Waals surface area contributed by atoms with Crippen LogP contribution in [-0.2, 0) is 11.2 Å². The van der Waals surface area contributed by atoms with Crippen molar-refractivity contribution >= 4 is 34.3 Å². The molecule has 0 unspecified atom stereocenters. The molecule has 0 radical (unpaired) electrons. The zero-order valence-corrected chi connectivity index (χ0v) is 17.6. The Morgan fingerprint density at radius 3 is 2.90 bits per heavy atom. The highest BCUT2D eigenvalue weighted by Gasteiger charge is 2.18. The van der Waals surface area contributed by atoms with E-state index in [-0.39, 0.29) is 11.7 Å². The predicted octanol–water partition coefficient (Wildman–Crippen LogP) is 4.14. The third-order valence-electron chi connectivity index (χ3n) is 5.06. The molecule has 0 aliphatic carbocycles. The Morgan fingerprint density at radius 1 is 1.20 bits per heavy atom. The Morgan fingerprint density at radius 2 is 2.03 bits per heavy atom. The summed E-state index contributed by atoms with van der Waals surface area (Å²) in [6, 6.07) is 13.5. The fourth-order valence-corrected chi connectivity index (χ4v) is 3.82. The number of nitrogens with two attached hydrogens (primary N) is 1. The average molecular weight is 422 g/mol. The highest BCUT2D eigenvalue weighted by molar-refractivity contribution is 7.99. The molecule has 154 valence electrons. The number of para-hydroxylation sites is 1. The Hall–Kier alpha value is -3.10. The first-order valence-corrected chi connectivity index (χ1v) is 10.6. The number of hydrogen-bond acceptors (Lipinski definition) is 6. The van der Waals surface area contributed by atoms with Crippen molar-refractivity contribution < 1.29 is 9.21 Å². The van der Waals surface area contributed by atoms with E-state index in [1.54, 1.807) is 0 Å². The van der Waals surface area contributed by atoms with Gasteiger partial charge in [0.1, 0.15) is 0 Å². The minimum atomic E-state index is -0.421. The van der Waals surface area contributed by atoms with E-state index in [1.807, 2.05) is 56.4 Å². The largest absolute Gasteiger partial charge is 0.414 e. The average Bonchev–Trinajstić information content (AvgIpc) is 3.38. The van der Waals surface area contributed by atoms with Gasteiger partial charge >= 0.3 is 0 Å². The lowest BCUT2D eigenvalue weighted by Gasteiger charge is -2.09. The molecule has 4 rings (SSSR count). The molecule has 0 spiro atoms. The van der Waals surface area contributed by atoms with Gasteiger partial charge in [-0.2, -0.15) is 0 Å². The number of H-pyrrole nitrogens is 1. The Balaban J connectivity index is 1.34. The third kappa shape index (κ3) is 4.39. The number of aromatic nitrogens is 3. The van der Waals surface area contributed by atoms with Crippen LogP contribution in [0.2, 0.25) is 0 Å². The maximum atomic E-state index is 12.3. The van der Waals surface area contributed by atoms with E-state index >= 15 is 0 Å². The SMILES string of the molecule is Cc1cccc(NC(=O)CSc2nnc([C@@H](N)Cc3c[nH]c4ccccc34)o2)c1C. The minimum absolute atomic E-state index is 0.128. The Bertz CT molecular complexity index is 1180. The van der Waals surface area contributed by atoms with Crippen molar-refractivity contribution in [3.05, 3.63) is 71.2 Å². The molecule has 0 saturated carbocycles. The summed E-state index contributed by atoms with van der Waals surface area (Å²) in [5.41, 5.74) is 11.4. The van der Waals surface area contributed by atoms with Crippen LogP contribution in [0.15, 0.2) is 58.3 Å². The van der Waals surface area contributed by atoms with Gasteiger partial charge in [-0.3, -0.25) is 4.79 Å². The van der Waals surface area contributed by atoms with E-state index in [0.717, 1.165) is 33.3 Å². The lowest BCUT2D eigenvalue weighted by atomic mass is 10.1. The first-order chi connectivity index (χ1) is 14.5. The van der Waals surface area contributed by atoms with E-state index in [2.05, 4.69) is 26.6 Å². The van der Waals surface area contributed by atoms with Gasteiger partial charge in [0.2, 0.25) is 11.8 Å². The predicted molar refractivity (Wildman–Crippen MR) is 118 cm³/mol. The quantitative estimate of drug-likeness (QED) is 0.387. The molecule has 0 bridgehead atoms. The number of hydrogen-bond donors (Lipinski definition) is 3. The lowest BCUT2D eigenvalue weighted by molar-refractivity contribution is -0.113. The number of fused-ring (bicyclic) bond motifs is 1. The van der Waals surface area contributed by atoms with Gasteiger partial charge in [0.15, 0.2) is 0 Å². The number of nitrogens with one attached hydrogen (secondary N) is 2. The number of aromatic amines is 1. The van der Waals surface area contributed by atoms with Gasteiger partial charge < -0.3 is 20.5 Å². The molecule has 2 heterocycles. The molecule has 0 aliphatic rings. The summed E-state index contributed by atoms with van der Waals surface area (Å²) in [7, 11) is 0. The van der Waals surface area contributed by atoms with Crippen LogP contribution >= 0.6 is 11.8 Å². The maximum absolute atomic E-state index is 12.3. The number of aryl methyl sites for hydroxylation is 1. The second-order valence-electron chi connectivity index (χ2n) is 7.16. The van der Waals surface area contributed by atoms with Crippen LogP contribution in [0.3, 0.4) is 0 Å². The van der Waals surface area contributed by atoms with Crippen LogP contribution in [0.1, 0.15) is 28.6 Å². The van der Waals surface area contributed by atoms with Crippen molar-refractivity contribution in [2.45, 2.75) is 31.5 Å². The summed E-state index contributed by atoms with van der Waals surface area (Å²) >= 11 is 1.19. The fraction of sp³-hybridized carbons (Fsp3) is 0.227. The zero-order chi connectivity index (χ0) is 21.1. The van der Waals surface area contributed by atoms with Crippen molar-refractivity contribution in [1.29, 1.82) is 0 Å². The number of carbonyl (C=O) groups excluding carboxylic acids is 1. The van der Waals surface area contributed by atoms with Crippen molar-refractivity contribution in [3.8, 4) is 0 Å². The van der Waals surface area contributed by atoms with Gasteiger partial charge in [-0.1, -0.05) is 42.1 Å². The maximum Gasteiger partial charge on any atom is 0.277 e. The third-order valence-corrected chi connectivity index (χ3v) is 5.88. The number of nitrogens with zero attached hydrogens (tertiary/aromatic N) is 2. The fourth-order valence-electron chi connectivity index (χ4n) is 3.25. The number of amides is 1. The van der Waals surface area contributed by atoms with Gasteiger partial charge in [0.05, 0.1) is 11.8 Å². The summed E-state index contributed by atoms with van der Waals surface area (Å²) in [5.74, 6) is 0.404. The molecule has 0 aliphatic heterocycles. The van der Waals surface area contributed by atoms with Gasteiger partial charge in [-0.15, -0.1) is 10.2 Å². The second kappa shape index (κ2) is 8.73. The molecule has 4 aromatic rings. The molecule has 7 nitrogen and oxygen atoms in total. The molecule has 2 aromatic heterocycles. The molecular formula is C22H23N5O2S. The number of anilines is 1. The monoisotopic (exact) mass is 421 g/mol. The standard InChI is InChI=1S/C22H23N5O2S/c1-13-6-5-9-18(14(13)2)25-20(28)12-30-22-27-26-21(29-22)17(23)10-15-11-24-19-8-4-3-7-16(15)19/h3-9,11,17,24H,10,12,23H2,1-2H3,(H,25,28)/t17-/m0/s1. The highest BCUT2D eigenvalue weighted by Crippen LogP contribution is 2.25. The topological polar surface area (TPSA) is 110 Å². The lowest BCUT2D eigenvalue weighted by Crippen LogP contribution is -2.15. The highest BCUT2D eigenvalue weighted by atomic mass is 32.2. The van der Waals surface area contributed by atoms with Gasteiger partial charge in [0, 0.05) is 22.8 Å². The molecular weight excluding hydrogens is 398 g/mol. The van der Waals surface area contributed by atoms with Crippen molar-refractivity contribution in [2.75, 3.05) is 11.1 Å². The van der Waals surface area contributed by atoms with Crippen LogP contribution in [0.25, 0.3) is 10.9 Å². The van der Waals surface area contributed by atoms with Crippen LogP contribution in [0, 0.1) is 13.8 Å². The van der Waals surface area contributed by atoms with Crippen LogP contribution in [0.5, 0.6) is 0 Å².